The van der Waals surface area contributed by atoms with E-state index in [-0.39, 0.29) is 0 Å². The van der Waals surface area contributed by atoms with Gasteiger partial charge in [0.2, 0.25) is 0 Å². The average Bonchev–Trinajstić information content (AvgIpc) is 2.22. The Kier molecular flexibility index (Phi) is 3.82. The van der Waals surface area contributed by atoms with Crippen molar-refractivity contribution in [1.82, 2.24) is 4.90 Å². The Morgan fingerprint density at radius 2 is 2.06 bits per heavy atom. The summed E-state index contributed by atoms with van der Waals surface area (Å²) in [5.41, 5.74) is 0. The van der Waals surface area contributed by atoms with E-state index < -0.39 is 5.97 Å². The molecule has 0 aromatic carbocycles. The predicted octanol–water partition coefficient (Wildman–Crippen LogP) is 1.35. The van der Waals surface area contributed by atoms with Crippen LogP contribution >= 0.6 is 0 Å². The highest BCUT2D eigenvalue weighted by atomic mass is 16.5. The van der Waals surface area contributed by atoms with E-state index in [2.05, 4.69) is 4.90 Å². The Labute approximate surface area is 96.6 Å². The van der Waals surface area contributed by atoms with Gasteiger partial charge in [0, 0.05) is 26.2 Å². The third-order valence-electron chi connectivity index (χ3n) is 3.89. The Morgan fingerprint density at radius 1 is 1.38 bits per heavy atom. The second kappa shape index (κ2) is 5.15. The molecule has 16 heavy (non-hydrogen) atoms. The number of hydrogen-bond donors (Lipinski definition) is 1. The minimum atomic E-state index is -0.670. The summed E-state index contributed by atoms with van der Waals surface area (Å²) in [6, 6.07) is 0.531. The van der Waals surface area contributed by atoms with E-state index >= 15 is 0 Å². The molecule has 1 aliphatic heterocycles. The van der Waals surface area contributed by atoms with Crippen molar-refractivity contribution in [3.05, 3.63) is 0 Å². The number of likely N-dealkylation sites (tertiary alicyclic amines) is 1. The molecular formula is C12H21NO3. The standard InChI is InChI=1S/C12H21NO3/c1-16-11-5-3-2-4-10(11)13-7-9(8-13)6-12(14)15/h9-11H,2-8H2,1H3,(H,14,15). The lowest BCUT2D eigenvalue weighted by atomic mass is 9.86. The molecule has 4 nitrogen and oxygen atoms in total. The molecule has 2 rings (SSSR count). The van der Waals surface area contributed by atoms with E-state index in [1.54, 1.807) is 7.11 Å². The van der Waals surface area contributed by atoms with Gasteiger partial charge in [-0.3, -0.25) is 9.69 Å². The van der Waals surface area contributed by atoms with Crippen molar-refractivity contribution in [3.8, 4) is 0 Å². The van der Waals surface area contributed by atoms with Crippen LogP contribution in [-0.4, -0.2) is 48.3 Å². The quantitative estimate of drug-likeness (QED) is 0.787. The van der Waals surface area contributed by atoms with Crippen LogP contribution in [0.25, 0.3) is 0 Å². The van der Waals surface area contributed by atoms with Gasteiger partial charge < -0.3 is 9.84 Å². The Hall–Kier alpha value is -0.610. The van der Waals surface area contributed by atoms with Crippen LogP contribution in [0.2, 0.25) is 0 Å². The second-order valence-corrected chi connectivity index (χ2v) is 5.04. The first kappa shape index (κ1) is 11.9. The first-order valence-electron chi connectivity index (χ1n) is 6.19. The van der Waals surface area contributed by atoms with E-state index in [9.17, 15) is 4.79 Å². The van der Waals surface area contributed by atoms with E-state index in [1.807, 2.05) is 0 Å². The largest absolute Gasteiger partial charge is 0.481 e. The zero-order valence-corrected chi connectivity index (χ0v) is 9.89. The van der Waals surface area contributed by atoms with Crippen LogP contribution in [0.5, 0.6) is 0 Å². The minimum Gasteiger partial charge on any atom is -0.481 e. The van der Waals surface area contributed by atoms with Gasteiger partial charge in [-0.15, -0.1) is 0 Å². The fraction of sp³-hybridized carbons (Fsp3) is 0.917. The summed E-state index contributed by atoms with van der Waals surface area (Å²) in [4.78, 5) is 13.0. The fourth-order valence-corrected chi connectivity index (χ4v) is 3.03. The molecule has 2 unspecified atom stereocenters. The highest BCUT2D eigenvalue weighted by Crippen LogP contribution is 2.31. The smallest absolute Gasteiger partial charge is 0.303 e. The lowest BCUT2D eigenvalue weighted by molar-refractivity contribution is -0.140. The van der Waals surface area contributed by atoms with Gasteiger partial charge in [-0.1, -0.05) is 12.8 Å². The number of aliphatic carboxylic acids is 1. The summed E-state index contributed by atoms with van der Waals surface area (Å²) in [7, 11) is 1.79. The highest BCUT2D eigenvalue weighted by Gasteiger charge is 2.38. The van der Waals surface area contributed by atoms with Crippen LogP contribution in [0.4, 0.5) is 0 Å². The number of carboxylic acid groups (broad SMARTS) is 1. The summed E-state index contributed by atoms with van der Waals surface area (Å²) in [5.74, 6) is -0.312. The van der Waals surface area contributed by atoms with Gasteiger partial charge in [0.15, 0.2) is 0 Å². The summed E-state index contributed by atoms with van der Waals surface area (Å²) in [6.45, 7) is 1.88. The molecule has 92 valence electrons. The molecule has 2 atom stereocenters. The van der Waals surface area contributed by atoms with Crippen molar-refractivity contribution in [2.45, 2.75) is 44.2 Å². The fourth-order valence-electron chi connectivity index (χ4n) is 3.03. The molecule has 2 aliphatic rings. The van der Waals surface area contributed by atoms with E-state index in [1.165, 1.54) is 19.3 Å². The molecule has 0 bridgehead atoms. The number of nitrogens with zero attached hydrogens (tertiary/aromatic N) is 1. The number of hydrogen-bond acceptors (Lipinski definition) is 3. The van der Waals surface area contributed by atoms with Crippen LogP contribution in [0.15, 0.2) is 0 Å². The average molecular weight is 227 g/mol. The van der Waals surface area contributed by atoms with Gasteiger partial charge in [-0.2, -0.15) is 0 Å². The monoisotopic (exact) mass is 227 g/mol. The van der Waals surface area contributed by atoms with Crippen LogP contribution in [0.1, 0.15) is 32.1 Å². The molecule has 0 aromatic heterocycles. The van der Waals surface area contributed by atoms with Crippen LogP contribution < -0.4 is 0 Å². The van der Waals surface area contributed by atoms with E-state index in [0.29, 0.717) is 24.5 Å². The summed E-state index contributed by atoms with van der Waals surface area (Å²) < 4.78 is 5.52. The molecule has 1 N–H and O–H groups in total. The Balaban J connectivity index is 1.79. The van der Waals surface area contributed by atoms with E-state index in [0.717, 1.165) is 19.5 Å². The zero-order valence-electron chi connectivity index (χ0n) is 9.89. The second-order valence-electron chi connectivity index (χ2n) is 5.04. The number of carbonyl (C=O) groups is 1. The first-order valence-corrected chi connectivity index (χ1v) is 6.19. The van der Waals surface area contributed by atoms with Gasteiger partial charge in [0.25, 0.3) is 0 Å². The third-order valence-corrected chi connectivity index (χ3v) is 3.89. The van der Waals surface area contributed by atoms with Crippen LogP contribution in [0, 0.1) is 5.92 Å². The molecule has 1 heterocycles. The van der Waals surface area contributed by atoms with Crippen molar-refractivity contribution >= 4 is 5.97 Å². The molecule has 0 spiro atoms. The van der Waals surface area contributed by atoms with Crippen LogP contribution in [0.3, 0.4) is 0 Å². The molecule has 0 radical (unpaired) electrons. The molecule has 0 aromatic rings. The maximum absolute atomic E-state index is 10.6. The summed E-state index contributed by atoms with van der Waals surface area (Å²) in [6.07, 6.45) is 5.59. The zero-order chi connectivity index (χ0) is 11.5. The normalized spacial score (nSPS) is 32.3. The van der Waals surface area contributed by atoms with Crippen molar-refractivity contribution in [2.75, 3.05) is 20.2 Å². The summed E-state index contributed by atoms with van der Waals surface area (Å²) >= 11 is 0. The minimum absolute atomic E-state index is 0.320. The summed E-state index contributed by atoms with van der Waals surface area (Å²) in [5, 5.41) is 8.70. The number of carboxylic acids is 1. The van der Waals surface area contributed by atoms with Gasteiger partial charge >= 0.3 is 5.97 Å². The Morgan fingerprint density at radius 3 is 2.69 bits per heavy atom. The maximum Gasteiger partial charge on any atom is 0.303 e. The van der Waals surface area contributed by atoms with Gasteiger partial charge in [0.1, 0.15) is 0 Å². The lowest BCUT2D eigenvalue weighted by Crippen LogP contribution is -2.57. The predicted molar refractivity (Wildman–Crippen MR) is 60.4 cm³/mol. The Bertz CT molecular complexity index is 251. The van der Waals surface area contributed by atoms with Crippen LogP contribution in [-0.2, 0) is 9.53 Å². The SMILES string of the molecule is COC1CCCCC1N1CC(CC(=O)O)C1. The molecule has 0 amide bonds. The topological polar surface area (TPSA) is 49.8 Å². The van der Waals surface area contributed by atoms with Crippen molar-refractivity contribution in [1.29, 1.82) is 0 Å². The van der Waals surface area contributed by atoms with Crippen molar-refractivity contribution < 1.29 is 14.6 Å². The van der Waals surface area contributed by atoms with Gasteiger partial charge in [-0.05, 0) is 18.8 Å². The molecule has 1 saturated heterocycles. The number of rotatable bonds is 4. The number of methoxy groups -OCH3 is 1. The third kappa shape index (κ3) is 2.55. The van der Waals surface area contributed by atoms with Gasteiger partial charge in [-0.25, -0.2) is 0 Å². The molecular weight excluding hydrogens is 206 g/mol. The maximum atomic E-state index is 10.6. The van der Waals surface area contributed by atoms with Gasteiger partial charge in [0.05, 0.1) is 12.5 Å². The molecule has 4 heteroatoms. The van der Waals surface area contributed by atoms with E-state index in [4.69, 9.17) is 9.84 Å². The number of ether oxygens (including phenoxy) is 1. The molecule has 2 fully saturated rings. The molecule has 1 saturated carbocycles. The van der Waals surface area contributed by atoms with Crippen molar-refractivity contribution in [2.24, 2.45) is 5.92 Å². The first-order chi connectivity index (χ1) is 7.70. The highest BCUT2D eigenvalue weighted by molar-refractivity contribution is 5.67. The van der Waals surface area contributed by atoms with Crippen molar-refractivity contribution in [3.63, 3.8) is 0 Å². The molecule has 1 aliphatic carbocycles. The lowest BCUT2D eigenvalue weighted by Gasteiger charge is -2.47.